The molecule has 0 heterocycles. The normalized spacial score (nSPS) is 13.0. The van der Waals surface area contributed by atoms with E-state index in [-0.39, 0.29) is 16.1 Å². The van der Waals surface area contributed by atoms with Crippen LogP contribution in [0.2, 0.25) is 0 Å². The summed E-state index contributed by atoms with van der Waals surface area (Å²) in [5.41, 5.74) is 0.279. The number of rotatable bonds is 5. The molecule has 0 aromatic heterocycles. The summed E-state index contributed by atoms with van der Waals surface area (Å²) >= 11 is 0. The molecular formula is C16H16F2N2O4S. The predicted molar refractivity (Wildman–Crippen MR) is 87.6 cm³/mol. The van der Waals surface area contributed by atoms with Crippen LogP contribution >= 0.6 is 0 Å². The topological polar surface area (TPSA) is 80.5 Å². The van der Waals surface area contributed by atoms with Gasteiger partial charge in [-0.3, -0.25) is 10.1 Å². The van der Waals surface area contributed by atoms with E-state index in [4.69, 9.17) is 0 Å². The average Bonchev–Trinajstić information content (AvgIpc) is 2.55. The molecule has 1 unspecified atom stereocenters. The van der Waals surface area contributed by atoms with E-state index in [1.165, 1.54) is 39.1 Å². The van der Waals surface area contributed by atoms with Crippen LogP contribution in [0.3, 0.4) is 0 Å². The fourth-order valence-electron chi connectivity index (χ4n) is 2.30. The van der Waals surface area contributed by atoms with Crippen LogP contribution < -0.4 is 0 Å². The lowest BCUT2D eigenvalue weighted by atomic mass is 10.1. The van der Waals surface area contributed by atoms with Gasteiger partial charge in [-0.1, -0.05) is 12.1 Å². The molecule has 9 heteroatoms. The highest BCUT2D eigenvalue weighted by Gasteiger charge is 2.28. The van der Waals surface area contributed by atoms with Gasteiger partial charge >= 0.3 is 0 Å². The van der Waals surface area contributed by atoms with Crippen LogP contribution in [-0.2, 0) is 10.0 Å². The number of halogens is 2. The zero-order valence-electron chi connectivity index (χ0n) is 13.7. The lowest BCUT2D eigenvalue weighted by molar-refractivity contribution is -0.385. The summed E-state index contributed by atoms with van der Waals surface area (Å²) in [5, 5.41) is 11.0. The van der Waals surface area contributed by atoms with Crippen molar-refractivity contribution >= 4 is 15.7 Å². The molecule has 0 aliphatic rings. The smallest absolute Gasteiger partial charge is 0.258 e. The van der Waals surface area contributed by atoms with Gasteiger partial charge in [0.15, 0.2) is 11.6 Å². The molecule has 0 amide bonds. The van der Waals surface area contributed by atoms with Gasteiger partial charge in [-0.05, 0) is 37.6 Å². The second-order valence-electron chi connectivity index (χ2n) is 5.58. The molecule has 0 aliphatic carbocycles. The number of sulfonamides is 1. The lowest BCUT2D eigenvalue weighted by Gasteiger charge is -2.24. The molecule has 2 rings (SSSR count). The minimum Gasteiger partial charge on any atom is -0.258 e. The Balaban J connectivity index is 2.43. The molecule has 0 radical (unpaired) electrons. The molecule has 1 atom stereocenters. The van der Waals surface area contributed by atoms with Crippen molar-refractivity contribution in [2.75, 3.05) is 7.05 Å². The average molecular weight is 370 g/mol. The van der Waals surface area contributed by atoms with E-state index in [2.05, 4.69) is 0 Å². The van der Waals surface area contributed by atoms with Crippen LogP contribution in [0.15, 0.2) is 41.3 Å². The van der Waals surface area contributed by atoms with Gasteiger partial charge in [-0.15, -0.1) is 0 Å². The second-order valence-corrected chi connectivity index (χ2v) is 7.57. The molecule has 0 saturated carbocycles. The standard InChI is InChI=1S/C16H16F2N2O4S/c1-10-4-6-13(9-16(10)20(21)22)25(23,24)19(3)11(2)12-5-7-14(17)15(18)8-12/h4-9,11H,1-3H3. The van der Waals surface area contributed by atoms with Gasteiger partial charge in [0.2, 0.25) is 10.0 Å². The molecule has 0 bridgehead atoms. The molecule has 0 aliphatic heterocycles. The Kier molecular flexibility index (Phi) is 5.19. The predicted octanol–water partition coefficient (Wildman–Crippen LogP) is 3.56. The van der Waals surface area contributed by atoms with Crippen molar-refractivity contribution < 1.29 is 22.1 Å². The maximum absolute atomic E-state index is 13.4. The zero-order valence-corrected chi connectivity index (χ0v) is 14.5. The van der Waals surface area contributed by atoms with E-state index in [1.807, 2.05) is 0 Å². The van der Waals surface area contributed by atoms with Crippen molar-refractivity contribution in [3.8, 4) is 0 Å². The molecule has 0 saturated heterocycles. The van der Waals surface area contributed by atoms with Gasteiger partial charge in [-0.2, -0.15) is 4.31 Å². The third kappa shape index (κ3) is 3.67. The number of nitrogens with zero attached hydrogens (tertiary/aromatic N) is 2. The van der Waals surface area contributed by atoms with Crippen molar-refractivity contribution in [3.05, 3.63) is 69.3 Å². The molecule has 2 aromatic rings. The number of aryl methyl sites for hydroxylation is 1. The Morgan fingerprint density at radius 3 is 2.32 bits per heavy atom. The van der Waals surface area contributed by atoms with Gasteiger partial charge in [0.1, 0.15) is 0 Å². The molecule has 6 nitrogen and oxygen atoms in total. The van der Waals surface area contributed by atoms with Gasteiger partial charge in [0.05, 0.1) is 9.82 Å². The third-order valence-electron chi connectivity index (χ3n) is 4.03. The lowest BCUT2D eigenvalue weighted by Crippen LogP contribution is -2.30. The van der Waals surface area contributed by atoms with E-state index in [0.29, 0.717) is 5.56 Å². The molecule has 134 valence electrons. The van der Waals surface area contributed by atoms with E-state index in [9.17, 15) is 27.3 Å². The summed E-state index contributed by atoms with van der Waals surface area (Å²) in [6, 6.07) is 5.92. The van der Waals surface area contributed by atoms with E-state index in [1.54, 1.807) is 0 Å². The van der Waals surface area contributed by atoms with E-state index in [0.717, 1.165) is 22.5 Å². The summed E-state index contributed by atoms with van der Waals surface area (Å²) in [7, 11) is -2.80. The Hall–Kier alpha value is -2.39. The fourth-order valence-corrected chi connectivity index (χ4v) is 3.67. The first-order valence-electron chi connectivity index (χ1n) is 7.23. The zero-order chi connectivity index (χ0) is 18.9. The summed E-state index contributed by atoms with van der Waals surface area (Å²) in [6.07, 6.45) is 0. The van der Waals surface area contributed by atoms with E-state index < -0.39 is 32.6 Å². The van der Waals surface area contributed by atoms with Crippen LogP contribution in [-0.4, -0.2) is 24.7 Å². The number of hydrogen-bond acceptors (Lipinski definition) is 4. The molecule has 2 aromatic carbocycles. The minimum atomic E-state index is -4.07. The molecule has 0 N–H and O–H groups in total. The minimum absolute atomic E-state index is 0.248. The summed E-state index contributed by atoms with van der Waals surface area (Å²) in [5.74, 6) is -2.11. The van der Waals surface area contributed by atoms with Crippen LogP contribution in [0.4, 0.5) is 14.5 Å². The highest BCUT2D eigenvalue weighted by atomic mass is 32.2. The van der Waals surface area contributed by atoms with Crippen molar-refractivity contribution in [2.24, 2.45) is 0 Å². The first kappa shape index (κ1) is 18.9. The van der Waals surface area contributed by atoms with Gasteiger partial charge in [0, 0.05) is 24.7 Å². The Bertz CT molecular complexity index is 932. The number of benzene rings is 2. The number of hydrogen-bond donors (Lipinski definition) is 0. The van der Waals surface area contributed by atoms with Gasteiger partial charge in [0.25, 0.3) is 5.69 Å². The Morgan fingerprint density at radius 1 is 1.12 bits per heavy atom. The molecule has 0 spiro atoms. The van der Waals surface area contributed by atoms with Gasteiger partial charge in [-0.25, -0.2) is 17.2 Å². The monoisotopic (exact) mass is 370 g/mol. The maximum atomic E-state index is 13.4. The molecule has 0 fully saturated rings. The van der Waals surface area contributed by atoms with Crippen molar-refractivity contribution in [1.29, 1.82) is 0 Å². The van der Waals surface area contributed by atoms with Crippen molar-refractivity contribution in [1.82, 2.24) is 4.31 Å². The van der Waals surface area contributed by atoms with Crippen LogP contribution in [0, 0.1) is 28.7 Å². The Morgan fingerprint density at radius 2 is 1.76 bits per heavy atom. The van der Waals surface area contributed by atoms with Crippen molar-refractivity contribution in [3.63, 3.8) is 0 Å². The third-order valence-corrected chi connectivity index (χ3v) is 5.95. The number of nitro groups is 1. The summed E-state index contributed by atoms with van der Waals surface area (Å²) in [4.78, 5) is 10.1. The quantitative estimate of drug-likeness (QED) is 0.595. The SMILES string of the molecule is Cc1ccc(S(=O)(=O)N(C)C(C)c2ccc(F)c(F)c2)cc1[N+](=O)[O-]. The fraction of sp³-hybridized carbons (Fsp3) is 0.250. The van der Waals surface area contributed by atoms with E-state index >= 15 is 0 Å². The maximum Gasteiger partial charge on any atom is 0.273 e. The first-order valence-corrected chi connectivity index (χ1v) is 8.67. The van der Waals surface area contributed by atoms with Gasteiger partial charge < -0.3 is 0 Å². The highest BCUT2D eigenvalue weighted by molar-refractivity contribution is 7.89. The van der Waals surface area contributed by atoms with Crippen molar-refractivity contribution in [2.45, 2.75) is 24.8 Å². The molecular weight excluding hydrogens is 354 g/mol. The van der Waals surface area contributed by atoms with Crippen LogP contribution in [0.25, 0.3) is 0 Å². The molecule has 25 heavy (non-hydrogen) atoms. The van der Waals surface area contributed by atoms with Crippen LogP contribution in [0.5, 0.6) is 0 Å². The summed E-state index contributed by atoms with van der Waals surface area (Å²) < 4.78 is 52.8. The second kappa shape index (κ2) is 6.85. The Labute approximate surface area is 143 Å². The van der Waals surface area contributed by atoms with Crippen LogP contribution in [0.1, 0.15) is 24.1 Å². The number of nitro benzene ring substituents is 1. The first-order chi connectivity index (χ1) is 11.6. The summed E-state index contributed by atoms with van der Waals surface area (Å²) in [6.45, 7) is 3.01. The highest BCUT2D eigenvalue weighted by Crippen LogP contribution is 2.29. The largest absolute Gasteiger partial charge is 0.273 e.